The van der Waals surface area contributed by atoms with E-state index in [1.807, 2.05) is 26.0 Å². The first-order valence-electron chi connectivity index (χ1n) is 9.46. The van der Waals surface area contributed by atoms with Gasteiger partial charge in [0.15, 0.2) is 0 Å². The first-order chi connectivity index (χ1) is 14.3. The number of ether oxygens (including phenoxy) is 2. The SMILES string of the molecule is COc1cc(OC)c(-c2cc(C)cc(C)c2)cc1C(=O)NCc1ccc(O)cc1O. The van der Waals surface area contributed by atoms with E-state index in [9.17, 15) is 15.0 Å². The second-order valence-electron chi connectivity index (χ2n) is 7.12. The Labute approximate surface area is 175 Å². The molecule has 0 unspecified atom stereocenters. The Morgan fingerprint density at radius 1 is 0.900 bits per heavy atom. The molecule has 0 saturated heterocycles. The molecule has 0 atom stereocenters. The molecule has 3 rings (SSSR count). The van der Waals surface area contributed by atoms with E-state index < -0.39 is 0 Å². The average molecular weight is 407 g/mol. The Hall–Kier alpha value is -3.67. The van der Waals surface area contributed by atoms with Crippen molar-refractivity contribution in [1.82, 2.24) is 5.32 Å². The van der Waals surface area contributed by atoms with Crippen LogP contribution in [0.5, 0.6) is 23.0 Å². The van der Waals surface area contributed by atoms with Gasteiger partial charge in [0.05, 0.1) is 19.8 Å². The number of hydrogen-bond acceptors (Lipinski definition) is 5. The molecule has 0 aliphatic rings. The molecule has 0 heterocycles. The van der Waals surface area contributed by atoms with E-state index >= 15 is 0 Å². The monoisotopic (exact) mass is 407 g/mol. The summed E-state index contributed by atoms with van der Waals surface area (Å²) in [6, 6.07) is 13.8. The van der Waals surface area contributed by atoms with E-state index in [2.05, 4.69) is 11.4 Å². The van der Waals surface area contributed by atoms with Crippen molar-refractivity contribution in [1.29, 1.82) is 0 Å². The van der Waals surface area contributed by atoms with Crippen molar-refractivity contribution in [3.8, 4) is 34.1 Å². The van der Waals surface area contributed by atoms with Gasteiger partial charge in [0.1, 0.15) is 23.0 Å². The highest BCUT2D eigenvalue weighted by Gasteiger charge is 2.19. The summed E-state index contributed by atoms with van der Waals surface area (Å²) < 4.78 is 11.0. The van der Waals surface area contributed by atoms with Gasteiger partial charge in [-0.05, 0) is 37.6 Å². The zero-order valence-corrected chi connectivity index (χ0v) is 17.4. The fraction of sp³-hybridized carbons (Fsp3) is 0.208. The Kier molecular flexibility index (Phi) is 6.16. The number of phenols is 2. The number of benzene rings is 3. The van der Waals surface area contributed by atoms with Crippen LogP contribution in [0.25, 0.3) is 11.1 Å². The van der Waals surface area contributed by atoms with Crippen molar-refractivity contribution in [2.45, 2.75) is 20.4 Å². The predicted octanol–water partition coefficient (Wildman–Crippen LogP) is 4.33. The van der Waals surface area contributed by atoms with Crippen molar-refractivity contribution in [2.24, 2.45) is 0 Å². The molecule has 30 heavy (non-hydrogen) atoms. The van der Waals surface area contributed by atoms with Gasteiger partial charge in [-0.25, -0.2) is 0 Å². The number of rotatable bonds is 6. The van der Waals surface area contributed by atoms with Crippen molar-refractivity contribution in [3.63, 3.8) is 0 Å². The zero-order valence-electron chi connectivity index (χ0n) is 17.4. The lowest BCUT2D eigenvalue weighted by Crippen LogP contribution is -2.23. The van der Waals surface area contributed by atoms with Gasteiger partial charge in [-0.3, -0.25) is 4.79 Å². The maximum absolute atomic E-state index is 12.9. The summed E-state index contributed by atoms with van der Waals surface area (Å²) in [6.45, 7) is 4.13. The first-order valence-corrected chi connectivity index (χ1v) is 9.46. The summed E-state index contributed by atoms with van der Waals surface area (Å²) in [4.78, 5) is 12.9. The van der Waals surface area contributed by atoms with E-state index in [0.717, 1.165) is 22.3 Å². The Morgan fingerprint density at radius 2 is 1.57 bits per heavy atom. The molecule has 0 radical (unpaired) electrons. The third kappa shape index (κ3) is 4.49. The van der Waals surface area contributed by atoms with E-state index in [-0.39, 0.29) is 24.0 Å². The van der Waals surface area contributed by atoms with Crippen LogP contribution in [0.3, 0.4) is 0 Å². The van der Waals surface area contributed by atoms with E-state index in [1.54, 1.807) is 25.3 Å². The van der Waals surface area contributed by atoms with Crippen molar-refractivity contribution >= 4 is 5.91 Å². The Balaban J connectivity index is 1.97. The third-order valence-electron chi connectivity index (χ3n) is 4.81. The van der Waals surface area contributed by atoms with Gasteiger partial charge in [0, 0.05) is 29.8 Å². The van der Waals surface area contributed by atoms with Gasteiger partial charge in [0.25, 0.3) is 5.91 Å². The van der Waals surface area contributed by atoms with E-state index in [0.29, 0.717) is 22.6 Å². The number of methoxy groups -OCH3 is 2. The van der Waals surface area contributed by atoms with Gasteiger partial charge < -0.3 is 25.0 Å². The Morgan fingerprint density at radius 3 is 2.17 bits per heavy atom. The predicted molar refractivity (Wildman–Crippen MR) is 115 cm³/mol. The zero-order chi connectivity index (χ0) is 21.8. The lowest BCUT2D eigenvalue weighted by atomic mass is 9.97. The standard InChI is InChI=1S/C24H25NO5/c1-14-7-15(2)9-17(8-14)19-11-20(23(30-4)12-22(19)29-3)24(28)25-13-16-5-6-18(26)10-21(16)27/h5-12,26-27H,13H2,1-4H3,(H,25,28). The average Bonchev–Trinajstić information content (AvgIpc) is 2.71. The minimum atomic E-state index is -0.354. The minimum absolute atomic E-state index is 0.0440. The molecule has 3 N–H and O–H groups in total. The molecular formula is C24H25NO5. The summed E-state index contributed by atoms with van der Waals surface area (Å²) in [7, 11) is 3.07. The summed E-state index contributed by atoms with van der Waals surface area (Å²) >= 11 is 0. The highest BCUT2D eigenvalue weighted by atomic mass is 16.5. The van der Waals surface area contributed by atoms with Crippen LogP contribution in [0, 0.1) is 13.8 Å². The highest BCUT2D eigenvalue weighted by molar-refractivity contribution is 5.99. The maximum Gasteiger partial charge on any atom is 0.255 e. The summed E-state index contributed by atoms with van der Waals surface area (Å²) in [6.07, 6.45) is 0. The maximum atomic E-state index is 12.9. The molecule has 6 heteroatoms. The van der Waals surface area contributed by atoms with Gasteiger partial charge in [0.2, 0.25) is 0 Å². The van der Waals surface area contributed by atoms with Gasteiger partial charge in [-0.15, -0.1) is 0 Å². The van der Waals surface area contributed by atoms with Gasteiger partial charge >= 0.3 is 0 Å². The molecule has 0 aromatic heterocycles. The highest BCUT2D eigenvalue weighted by Crippen LogP contribution is 2.37. The van der Waals surface area contributed by atoms with Crippen molar-refractivity contribution in [2.75, 3.05) is 14.2 Å². The molecule has 3 aromatic carbocycles. The minimum Gasteiger partial charge on any atom is -0.508 e. The largest absolute Gasteiger partial charge is 0.508 e. The van der Waals surface area contributed by atoms with Gasteiger partial charge in [-0.2, -0.15) is 0 Å². The smallest absolute Gasteiger partial charge is 0.255 e. The topological polar surface area (TPSA) is 88.0 Å². The quantitative estimate of drug-likeness (QED) is 0.566. The summed E-state index contributed by atoms with van der Waals surface area (Å²) in [5.74, 6) is 0.495. The van der Waals surface area contributed by atoms with E-state index in [4.69, 9.17) is 9.47 Å². The number of hydrogen-bond donors (Lipinski definition) is 3. The molecule has 0 saturated carbocycles. The molecule has 1 amide bonds. The second-order valence-corrected chi connectivity index (χ2v) is 7.12. The Bertz CT molecular complexity index is 1070. The molecule has 0 spiro atoms. The second kappa shape index (κ2) is 8.78. The number of aromatic hydroxyl groups is 2. The number of amides is 1. The molecule has 3 aromatic rings. The first kappa shape index (κ1) is 21.0. The van der Waals surface area contributed by atoms with E-state index in [1.165, 1.54) is 19.2 Å². The molecule has 0 aliphatic carbocycles. The number of aryl methyl sites for hydroxylation is 2. The third-order valence-corrected chi connectivity index (χ3v) is 4.81. The molecule has 156 valence electrons. The number of phenolic OH excluding ortho intramolecular Hbond substituents is 2. The van der Waals surface area contributed by atoms with Crippen LogP contribution < -0.4 is 14.8 Å². The number of carbonyl (C=O) groups excluding carboxylic acids is 1. The van der Waals surface area contributed by atoms with Crippen LogP contribution in [0.2, 0.25) is 0 Å². The van der Waals surface area contributed by atoms with Gasteiger partial charge in [-0.1, -0.05) is 29.3 Å². The summed E-state index contributed by atoms with van der Waals surface area (Å²) in [5.41, 5.74) is 4.78. The van der Waals surface area contributed by atoms with Crippen LogP contribution in [0.1, 0.15) is 27.0 Å². The molecule has 0 aliphatic heterocycles. The molecule has 0 fully saturated rings. The molecule has 6 nitrogen and oxygen atoms in total. The lowest BCUT2D eigenvalue weighted by Gasteiger charge is -2.16. The summed E-state index contributed by atoms with van der Waals surface area (Å²) in [5, 5.41) is 22.1. The van der Waals surface area contributed by atoms with Crippen LogP contribution >= 0.6 is 0 Å². The van der Waals surface area contributed by atoms with Crippen LogP contribution in [0.4, 0.5) is 0 Å². The molecular weight excluding hydrogens is 382 g/mol. The van der Waals surface area contributed by atoms with Crippen molar-refractivity contribution < 1.29 is 24.5 Å². The van der Waals surface area contributed by atoms with Crippen LogP contribution in [-0.2, 0) is 6.54 Å². The fourth-order valence-corrected chi connectivity index (χ4v) is 3.40. The number of carbonyl (C=O) groups is 1. The normalized spacial score (nSPS) is 10.5. The number of nitrogens with one attached hydrogen (secondary N) is 1. The van der Waals surface area contributed by atoms with Crippen molar-refractivity contribution in [3.05, 3.63) is 70.8 Å². The fourth-order valence-electron chi connectivity index (χ4n) is 3.40. The lowest BCUT2D eigenvalue weighted by molar-refractivity contribution is 0.0947. The van der Waals surface area contributed by atoms with Crippen LogP contribution in [-0.4, -0.2) is 30.3 Å². The molecule has 0 bridgehead atoms. The van der Waals surface area contributed by atoms with Crippen LogP contribution in [0.15, 0.2) is 48.5 Å².